The van der Waals surface area contributed by atoms with Gasteiger partial charge in [0.1, 0.15) is 17.3 Å². The van der Waals surface area contributed by atoms with Gasteiger partial charge in [0.25, 0.3) is 0 Å². The molecule has 0 spiro atoms. The number of aromatic nitrogens is 5. The standard InChI is InChI=1S/C17H14F2N6S/c1-9-11(8-24(3)22-9)6-15-16(13-5-4-12(18)7-14(13)19)23-25-10(2)20-21-17(25)26-15/h4-8H,1-3H3/b15-6+. The molecule has 3 heterocycles. The van der Waals surface area contributed by atoms with E-state index in [9.17, 15) is 8.78 Å². The van der Waals surface area contributed by atoms with Crippen molar-refractivity contribution >= 4 is 23.5 Å². The Morgan fingerprint density at radius 1 is 1.15 bits per heavy atom. The number of allylic oxidation sites excluding steroid dienone is 1. The van der Waals surface area contributed by atoms with Crippen LogP contribution in [0.5, 0.6) is 0 Å². The molecule has 2 aromatic heterocycles. The quantitative estimate of drug-likeness (QED) is 0.692. The number of aryl methyl sites for hydroxylation is 3. The van der Waals surface area contributed by atoms with Crippen LogP contribution in [0.2, 0.25) is 0 Å². The zero-order valence-corrected chi connectivity index (χ0v) is 15.1. The monoisotopic (exact) mass is 372 g/mol. The fraction of sp³-hybridized carbons (Fsp3) is 0.176. The first-order valence-corrected chi connectivity index (χ1v) is 8.60. The average Bonchev–Trinajstić information content (AvgIpc) is 3.09. The molecule has 0 bridgehead atoms. The maximum absolute atomic E-state index is 14.4. The third-order valence-corrected chi connectivity index (χ3v) is 4.90. The summed E-state index contributed by atoms with van der Waals surface area (Å²) in [5.41, 5.74) is 2.33. The molecule has 1 aliphatic heterocycles. The minimum absolute atomic E-state index is 0.213. The first kappa shape index (κ1) is 16.6. The topological polar surface area (TPSA) is 60.9 Å². The number of hydrogen-bond acceptors (Lipinski definition) is 5. The van der Waals surface area contributed by atoms with Gasteiger partial charge in [0.2, 0.25) is 5.16 Å². The molecular weight excluding hydrogens is 358 g/mol. The molecule has 4 rings (SSSR count). The van der Waals surface area contributed by atoms with Crippen molar-refractivity contribution in [2.24, 2.45) is 12.1 Å². The molecule has 0 saturated carbocycles. The van der Waals surface area contributed by atoms with Gasteiger partial charge in [-0.3, -0.25) is 4.68 Å². The largest absolute Gasteiger partial charge is 0.275 e. The Kier molecular flexibility index (Phi) is 3.95. The summed E-state index contributed by atoms with van der Waals surface area (Å²) in [7, 11) is 1.83. The molecule has 132 valence electrons. The van der Waals surface area contributed by atoms with Crippen molar-refractivity contribution in [2.75, 3.05) is 0 Å². The third kappa shape index (κ3) is 2.84. The van der Waals surface area contributed by atoms with Crippen molar-refractivity contribution in [2.45, 2.75) is 19.0 Å². The predicted molar refractivity (Wildman–Crippen MR) is 94.8 cm³/mol. The Balaban J connectivity index is 1.91. The minimum Gasteiger partial charge on any atom is -0.275 e. The highest BCUT2D eigenvalue weighted by Gasteiger charge is 2.25. The summed E-state index contributed by atoms with van der Waals surface area (Å²) in [4.78, 5) is 0.687. The van der Waals surface area contributed by atoms with Crippen molar-refractivity contribution in [1.29, 1.82) is 0 Å². The fourth-order valence-corrected chi connectivity index (χ4v) is 3.65. The van der Waals surface area contributed by atoms with Crippen LogP contribution >= 0.6 is 11.8 Å². The van der Waals surface area contributed by atoms with E-state index in [1.54, 1.807) is 16.3 Å². The molecular formula is C17H14F2N6S. The Morgan fingerprint density at radius 3 is 2.65 bits per heavy atom. The zero-order valence-electron chi connectivity index (χ0n) is 14.2. The molecule has 0 radical (unpaired) electrons. The van der Waals surface area contributed by atoms with Crippen molar-refractivity contribution in [3.8, 4) is 0 Å². The van der Waals surface area contributed by atoms with Crippen LogP contribution in [0.15, 0.2) is 39.6 Å². The summed E-state index contributed by atoms with van der Waals surface area (Å²) in [5, 5.41) is 17.5. The fourth-order valence-electron chi connectivity index (χ4n) is 2.68. The summed E-state index contributed by atoms with van der Waals surface area (Å²) in [6.07, 6.45) is 3.74. The molecule has 0 fully saturated rings. The summed E-state index contributed by atoms with van der Waals surface area (Å²) in [5.74, 6) is -0.721. The molecule has 1 aromatic carbocycles. The van der Waals surface area contributed by atoms with Gasteiger partial charge < -0.3 is 0 Å². The lowest BCUT2D eigenvalue weighted by Gasteiger charge is -2.17. The Hall–Kier alpha value is -2.81. The van der Waals surface area contributed by atoms with E-state index in [2.05, 4.69) is 20.4 Å². The number of thioether (sulfide) groups is 1. The summed E-state index contributed by atoms with van der Waals surface area (Å²) < 4.78 is 31.0. The number of benzene rings is 1. The van der Waals surface area contributed by atoms with Crippen LogP contribution in [-0.4, -0.2) is 30.4 Å². The van der Waals surface area contributed by atoms with Gasteiger partial charge in [-0.2, -0.15) is 14.9 Å². The highest BCUT2D eigenvalue weighted by atomic mass is 32.2. The summed E-state index contributed by atoms with van der Waals surface area (Å²) in [6.45, 7) is 3.65. The summed E-state index contributed by atoms with van der Waals surface area (Å²) >= 11 is 1.33. The second kappa shape index (κ2) is 6.17. The molecule has 3 aromatic rings. The van der Waals surface area contributed by atoms with Gasteiger partial charge in [-0.15, -0.1) is 10.2 Å². The van der Waals surface area contributed by atoms with E-state index in [0.29, 0.717) is 21.6 Å². The van der Waals surface area contributed by atoms with Crippen molar-refractivity contribution in [3.63, 3.8) is 0 Å². The molecule has 0 amide bonds. The Morgan fingerprint density at radius 2 is 1.96 bits per heavy atom. The maximum atomic E-state index is 14.4. The molecule has 0 atom stereocenters. The number of hydrogen-bond donors (Lipinski definition) is 0. The van der Waals surface area contributed by atoms with Crippen LogP contribution in [-0.2, 0) is 7.05 Å². The molecule has 9 heteroatoms. The number of halogens is 2. The van der Waals surface area contributed by atoms with Crippen LogP contribution in [0.4, 0.5) is 8.78 Å². The van der Waals surface area contributed by atoms with Gasteiger partial charge in [-0.05, 0) is 43.8 Å². The van der Waals surface area contributed by atoms with Gasteiger partial charge in [-0.1, -0.05) is 0 Å². The van der Waals surface area contributed by atoms with E-state index in [1.165, 1.54) is 23.9 Å². The first-order valence-electron chi connectivity index (χ1n) is 7.79. The maximum Gasteiger partial charge on any atom is 0.216 e. The number of fused-ring (bicyclic) bond motifs is 1. The first-order chi connectivity index (χ1) is 12.4. The lowest BCUT2D eigenvalue weighted by atomic mass is 10.1. The average molecular weight is 372 g/mol. The lowest BCUT2D eigenvalue weighted by Crippen LogP contribution is -2.14. The second-order valence-corrected chi connectivity index (χ2v) is 6.88. The van der Waals surface area contributed by atoms with E-state index in [1.807, 2.05) is 26.2 Å². The van der Waals surface area contributed by atoms with E-state index < -0.39 is 11.6 Å². The van der Waals surface area contributed by atoms with Crippen molar-refractivity contribution in [1.82, 2.24) is 24.7 Å². The highest BCUT2D eigenvalue weighted by molar-refractivity contribution is 8.04. The normalized spacial score (nSPS) is 15.3. The van der Waals surface area contributed by atoms with Gasteiger partial charge >= 0.3 is 0 Å². The number of rotatable bonds is 2. The number of nitrogens with zero attached hydrogens (tertiary/aromatic N) is 6. The van der Waals surface area contributed by atoms with Gasteiger partial charge in [0, 0.05) is 35.3 Å². The van der Waals surface area contributed by atoms with Crippen LogP contribution < -0.4 is 0 Å². The van der Waals surface area contributed by atoms with Crippen molar-refractivity contribution < 1.29 is 8.78 Å². The zero-order chi connectivity index (χ0) is 18.4. The third-order valence-electron chi connectivity index (χ3n) is 3.93. The van der Waals surface area contributed by atoms with E-state index in [4.69, 9.17) is 0 Å². The molecule has 26 heavy (non-hydrogen) atoms. The van der Waals surface area contributed by atoms with E-state index >= 15 is 0 Å². The van der Waals surface area contributed by atoms with Crippen LogP contribution in [0.25, 0.3) is 6.08 Å². The van der Waals surface area contributed by atoms with E-state index in [-0.39, 0.29) is 5.56 Å². The van der Waals surface area contributed by atoms with Crippen LogP contribution in [0, 0.1) is 25.5 Å². The Labute approximate surface area is 152 Å². The highest BCUT2D eigenvalue weighted by Crippen LogP contribution is 2.35. The smallest absolute Gasteiger partial charge is 0.216 e. The molecule has 6 nitrogen and oxygen atoms in total. The molecule has 0 saturated heterocycles. The van der Waals surface area contributed by atoms with Gasteiger partial charge in [0.05, 0.1) is 5.69 Å². The Bertz CT molecular complexity index is 1080. The SMILES string of the molecule is Cc1nn(C)cc1/C=C1/Sc2nnc(C)n2N=C1c1ccc(F)cc1F. The van der Waals surface area contributed by atoms with Gasteiger partial charge in [-0.25, -0.2) is 8.78 Å². The predicted octanol–water partition coefficient (Wildman–Crippen LogP) is 3.31. The molecule has 0 unspecified atom stereocenters. The van der Waals surface area contributed by atoms with Crippen LogP contribution in [0.1, 0.15) is 22.6 Å². The van der Waals surface area contributed by atoms with Crippen LogP contribution in [0.3, 0.4) is 0 Å². The lowest BCUT2D eigenvalue weighted by molar-refractivity contribution is 0.581. The van der Waals surface area contributed by atoms with E-state index in [0.717, 1.165) is 17.3 Å². The van der Waals surface area contributed by atoms with Gasteiger partial charge in [0.15, 0.2) is 5.82 Å². The van der Waals surface area contributed by atoms with Crippen molar-refractivity contribution in [3.05, 3.63) is 63.6 Å². The summed E-state index contributed by atoms with van der Waals surface area (Å²) in [6, 6.07) is 3.45. The molecule has 1 aliphatic rings. The molecule has 0 N–H and O–H groups in total. The second-order valence-electron chi connectivity index (χ2n) is 5.87. The molecule has 0 aliphatic carbocycles. The minimum atomic E-state index is -0.674.